The molecule has 2 fully saturated rings. The molecule has 0 aliphatic carbocycles. The van der Waals surface area contributed by atoms with Crippen LogP contribution < -0.4 is 10.6 Å². The van der Waals surface area contributed by atoms with Crippen LogP contribution in [0.2, 0.25) is 0 Å². The summed E-state index contributed by atoms with van der Waals surface area (Å²) >= 11 is 11.9. The van der Waals surface area contributed by atoms with Crippen LogP contribution in [0, 0.1) is 0 Å². The summed E-state index contributed by atoms with van der Waals surface area (Å²) in [5.74, 6) is -5.62. The molecule has 2 aliphatic heterocycles. The lowest BCUT2D eigenvalue weighted by Crippen LogP contribution is -2.80. The van der Waals surface area contributed by atoms with Gasteiger partial charge in [-0.15, -0.1) is 0 Å². The number of barbiturate groups is 2. The number of carbonyl (C=O) groups excluding carboxylic acids is 6. The minimum absolute atomic E-state index is 0.398. The minimum atomic E-state index is -2.94. The zero-order valence-corrected chi connectivity index (χ0v) is 12.6. The van der Waals surface area contributed by atoms with Crippen LogP contribution in [-0.4, -0.2) is 69.3 Å². The van der Waals surface area contributed by atoms with E-state index in [1.165, 1.54) is 0 Å². The summed E-state index contributed by atoms with van der Waals surface area (Å²) in [4.78, 5) is 66.3. The summed E-state index contributed by atoms with van der Waals surface area (Å²) in [6.07, 6.45) is 0. The fourth-order valence-electron chi connectivity index (χ4n) is 1.98. The van der Waals surface area contributed by atoms with Gasteiger partial charge < -0.3 is 0 Å². The summed E-state index contributed by atoms with van der Waals surface area (Å²) in [6, 6.07) is -2.20. The van der Waals surface area contributed by atoms with Crippen LogP contribution >= 0.6 is 23.2 Å². The van der Waals surface area contributed by atoms with Gasteiger partial charge >= 0.3 is 12.1 Å². The number of imide groups is 4. The standard InChI is InChI=1S/C10H8Cl2N4O6/c1-15-5(19)9(11,3(17)13-7(15)21)10(12)4(18)14-8(22)16(2)6(10)20/h1-2H3,(H,13,17,21)(H,14,18,22)/t9-,10-/m1/s1. The molecular formula is C10H8Cl2N4O6. The molecule has 0 unspecified atom stereocenters. The molecular weight excluding hydrogens is 343 g/mol. The average Bonchev–Trinajstić information content (AvgIpc) is 2.46. The molecule has 0 saturated carbocycles. The van der Waals surface area contributed by atoms with Gasteiger partial charge in [0.2, 0.25) is 9.75 Å². The van der Waals surface area contributed by atoms with Crippen molar-refractivity contribution in [1.82, 2.24) is 20.4 Å². The fraction of sp³-hybridized carbons (Fsp3) is 0.400. The third-order valence-electron chi connectivity index (χ3n) is 3.35. The maximum atomic E-state index is 12.2. The molecule has 2 atom stereocenters. The minimum Gasteiger partial charge on any atom is -0.275 e. The highest BCUT2D eigenvalue weighted by Gasteiger charge is 2.73. The van der Waals surface area contributed by atoms with E-state index in [4.69, 9.17) is 23.2 Å². The zero-order chi connectivity index (χ0) is 17.0. The Kier molecular flexibility index (Phi) is 3.42. The molecule has 0 aromatic carbocycles. The second-order valence-corrected chi connectivity index (χ2v) is 5.70. The lowest BCUT2D eigenvalue weighted by atomic mass is 9.84. The topological polar surface area (TPSA) is 133 Å². The number of halogens is 2. The Morgan fingerprint density at radius 3 is 1.27 bits per heavy atom. The normalized spacial score (nSPS) is 33.1. The quantitative estimate of drug-likeness (QED) is 0.430. The van der Waals surface area contributed by atoms with E-state index in [1.54, 1.807) is 10.6 Å². The lowest BCUT2D eigenvalue weighted by molar-refractivity contribution is -0.152. The van der Waals surface area contributed by atoms with Gasteiger partial charge in [0.1, 0.15) is 0 Å². The van der Waals surface area contributed by atoms with Gasteiger partial charge in [-0.2, -0.15) is 0 Å². The van der Waals surface area contributed by atoms with Crippen LogP contribution in [0.15, 0.2) is 0 Å². The Hall–Kier alpha value is -2.20. The molecule has 12 heteroatoms. The smallest absolute Gasteiger partial charge is 0.275 e. The molecule has 0 radical (unpaired) electrons. The molecule has 2 aliphatic rings. The number of carbonyl (C=O) groups is 6. The van der Waals surface area contributed by atoms with Gasteiger partial charge in [-0.3, -0.25) is 39.6 Å². The first-order valence-electron chi connectivity index (χ1n) is 5.64. The SMILES string of the molecule is CN1C(=O)NC(=O)[C@](Cl)([C@@]2(Cl)C(=O)NC(=O)N(C)C2=O)C1=O. The molecule has 2 rings (SSSR count). The van der Waals surface area contributed by atoms with E-state index in [2.05, 4.69) is 0 Å². The number of amides is 8. The van der Waals surface area contributed by atoms with Crippen molar-refractivity contribution < 1.29 is 28.8 Å². The predicted octanol–water partition coefficient (Wildman–Crippen LogP) is -1.64. The molecule has 22 heavy (non-hydrogen) atoms. The molecule has 10 nitrogen and oxygen atoms in total. The van der Waals surface area contributed by atoms with Crippen molar-refractivity contribution in [2.24, 2.45) is 0 Å². The molecule has 0 bridgehead atoms. The van der Waals surface area contributed by atoms with Crippen molar-refractivity contribution in [2.45, 2.75) is 9.75 Å². The lowest BCUT2D eigenvalue weighted by Gasteiger charge is -2.44. The third kappa shape index (κ3) is 1.67. The van der Waals surface area contributed by atoms with Crippen molar-refractivity contribution in [3.63, 3.8) is 0 Å². The highest BCUT2D eigenvalue weighted by molar-refractivity contribution is 6.64. The molecule has 0 aromatic heterocycles. The van der Waals surface area contributed by atoms with E-state index < -0.39 is 45.4 Å². The molecule has 0 aromatic rings. The maximum absolute atomic E-state index is 12.2. The number of urea groups is 2. The molecule has 2 saturated heterocycles. The number of alkyl halides is 2. The van der Waals surface area contributed by atoms with Gasteiger partial charge in [-0.1, -0.05) is 23.2 Å². The Morgan fingerprint density at radius 2 is 1.00 bits per heavy atom. The van der Waals surface area contributed by atoms with Crippen molar-refractivity contribution >= 4 is 58.9 Å². The van der Waals surface area contributed by atoms with E-state index in [9.17, 15) is 28.8 Å². The van der Waals surface area contributed by atoms with Crippen LogP contribution in [0.1, 0.15) is 0 Å². The summed E-state index contributed by atoms with van der Waals surface area (Å²) in [6.45, 7) is 0. The first kappa shape index (κ1) is 16.2. The second kappa shape index (κ2) is 4.65. The molecule has 0 spiro atoms. The van der Waals surface area contributed by atoms with E-state index >= 15 is 0 Å². The molecule has 2 N–H and O–H groups in total. The van der Waals surface area contributed by atoms with Crippen LogP contribution in [0.3, 0.4) is 0 Å². The van der Waals surface area contributed by atoms with E-state index in [0.29, 0.717) is 9.80 Å². The Morgan fingerprint density at radius 1 is 0.727 bits per heavy atom. The van der Waals surface area contributed by atoms with E-state index in [0.717, 1.165) is 14.1 Å². The van der Waals surface area contributed by atoms with Gasteiger partial charge in [-0.25, -0.2) is 9.59 Å². The van der Waals surface area contributed by atoms with E-state index in [1.807, 2.05) is 0 Å². The first-order chi connectivity index (χ1) is 9.99. The summed E-state index contributed by atoms with van der Waals surface area (Å²) in [5, 5.41) is 3.43. The van der Waals surface area contributed by atoms with Crippen molar-refractivity contribution in [1.29, 1.82) is 0 Å². The van der Waals surface area contributed by atoms with Crippen molar-refractivity contribution in [3.8, 4) is 0 Å². The molecule has 2 heterocycles. The van der Waals surface area contributed by atoms with Crippen LogP contribution in [0.5, 0.6) is 0 Å². The van der Waals surface area contributed by atoms with Crippen LogP contribution in [-0.2, 0) is 19.2 Å². The Labute approximate surface area is 132 Å². The van der Waals surface area contributed by atoms with Gasteiger partial charge in [0.25, 0.3) is 23.6 Å². The number of hydrogen-bond donors (Lipinski definition) is 2. The van der Waals surface area contributed by atoms with Gasteiger partial charge in [0, 0.05) is 14.1 Å². The van der Waals surface area contributed by atoms with Crippen molar-refractivity contribution in [2.75, 3.05) is 14.1 Å². The number of hydrogen-bond acceptors (Lipinski definition) is 6. The number of rotatable bonds is 1. The average molecular weight is 351 g/mol. The fourth-order valence-corrected chi connectivity index (χ4v) is 2.66. The monoisotopic (exact) mass is 350 g/mol. The highest BCUT2D eigenvalue weighted by Crippen LogP contribution is 2.42. The summed E-state index contributed by atoms with van der Waals surface area (Å²) in [5.41, 5.74) is 0. The molecule has 118 valence electrons. The van der Waals surface area contributed by atoms with Crippen LogP contribution in [0.4, 0.5) is 9.59 Å². The third-order valence-corrected chi connectivity index (χ3v) is 4.68. The van der Waals surface area contributed by atoms with Crippen molar-refractivity contribution in [3.05, 3.63) is 0 Å². The Bertz CT molecular complexity index is 610. The number of nitrogens with one attached hydrogen (secondary N) is 2. The first-order valence-corrected chi connectivity index (χ1v) is 6.40. The molecule has 8 amide bonds. The number of nitrogens with zero attached hydrogens (tertiary/aromatic N) is 2. The van der Waals surface area contributed by atoms with Gasteiger partial charge in [0.05, 0.1) is 0 Å². The zero-order valence-electron chi connectivity index (χ0n) is 11.1. The van der Waals surface area contributed by atoms with E-state index in [-0.39, 0.29) is 0 Å². The van der Waals surface area contributed by atoms with Crippen LogP contribution in [0.25, 0.3) is 0 Å². The highest BCUT2D eigenvalue weighted by atomic mass is 35.5. The predicted molar refractivity (Wildman–Crippen MR) is 69.8 cm³/mol. The summed E-state index contributed by atoms with van der Waals surface area (Å²) in [7, 11) is 1.95. The second-order valence-electron chi connectivity index (χ2n) is 4.56. The maximum Gasteiger partial charge on any atom is 0.330 e. The Balaban J connectivity index is 2.65. The van der Waals surface area contributed by atoms with Gasteiger partial charge in [-0.05, 0) is 0 Å². The van der Waals surface area contributed by atoms with Gasteiger partial charge in [0.15, 0.2) is 0 Å². The largest absolute Gasteiger partial charge is 0.330 e. The summed E-state index contributed by atoms with van der Waals surface area (Å²) < 4.78 is 0.